The Morgan fingerprint density at radius 2 is 2.26 bits per heavy atom. The topological polar surface area (TPSA) is 66.4 Å². The Balaban J connectivity index is 2.77. The largest absolute Gasteiger partial charge is 0.478 e. The van der Waals surface area contributed by atoms with Gasteiger partial charge in [-0.25, -0.2) is 4.79 Å². The summed E-state index contributed by atoms with van der Waals surface area (Å²) in [5, 5.41) is 11.3. The quantitative estimate of drug-likeness (QED) is 0.646. The van der Waals surface area contributed by atoms with Gasteiger partial charge in [0.15, 0.2) is 0 Å². The second kappa shape index (κ2) is 7.07. The van der Waals surface area contributed by atoms with Crippen molar-refractivity contribution in [2.24, 2.45) is 0 Å². The maximum absolute atomic E-state index is 11.6. The van der Waals surface area contributed by atoms with Gasteiger partial charge < -0.3 is 10.4 Å². The van der Waals surface area contributed by atoms with Crippen molar-refractivity contribution in [1.29, 1.82) is 0 Å². The summed E-state index contributed by atoms with van der Waals surface area (Å²) in [6.07, 6.45) is 5.05. The van der Waals surface area contributed by atoms with Gasteiger partial charge in [-0.05, 0) is 25.1 Å². The number of hydrogen-bond acceptors (Lipinski definition) is 3. The van der Waals surface area contributed by atoms with E-state index in [0.717, 1.165) is 0 Å². The van der Waals surface area contributed by atoms with Crippen LogP contribution in [0.4, 0.5) is 0 Å². The molecule has 2 N–H and O–H groups in total. The maximum atomic E-state index is 11.6. The number of carboxylic acid groups (broad SMARTS) is 1. The fourth-order valence-corrected chi connectivity index (χ4v) is 2.41. The van der Waals surface area contributed by atoms with Crippen LogP contribution in [0, 0.1) is 12.3 Å². The van der Waals surface area contributed by atoms with Gasteiger partial charge in [-0.2, -0.15) is 0 Å². The third-order valence-corrected chi connectivity index (χ3v) is 3.64. The van der Waals surface area contributed by atoms with Crippen LogP contribution < -0.4 is 5.32 Å². The van der Waals surface area contributed by atoms with Gasteiger partial charge >= 0.3 is 5.97 Å². The van der Waals surface area contributed by atoms with Crippen molar-refractivity contribution < 1.29 is 14.7 Å². The van der Waals surface area contributed by atoms with E-state index in [1.165, 1.54) is 23.9 Å². The van der Waals surface area contributed by atoms with E-state index in [9.17, 15) is 9.59 Å². The molecule has 6 heteroatoms. The average molecular weight is 298 g/mol. The summed E-state index contributed by atoms with van der Waals surface area (Å²) in [5.74, 6) is 1.01. The molecule has 0 radical (unpaired) electrons. The lowest BCUT2D eigenvalue weighted by molar-refractivity contribution is -0.120. The Morgan fingerprint density at radius 3 is 2.84 bits per heavy atom. The minimum absolute atomic E-state index is 0.0166. The standard InChI is InChI=1S/C13H12ClNO3S/c1-3-6-15-12(16)8(2)19-9-4-5-11(14)10(7-9)13(17)18/h1,4-5,7-8H,6H2,2H3,(H,15,16)(H,17,18). The number of benzene rings is 1. The lowest BCUT2D eigenvalue weighted by Crippen LogP contribution is -2.31. The van der Waals surface area contributed by atoms with E-state index in [1.807, 2.05) is 0 Å². The predicted octanol–water partition coefficient (Wildman–Crippen LogP) is 2.27. The van der Waals surface area contributed by atoms with Crippen LogP contribution in [0.1, 0.15) is 17.3 Å². The minimum atomic E-state index is -1.10. The fraction of sp³-hybridized carbons (Fsp3) is 0.231. The Hall–Kier alpha value is -1.64. The molecular formula is C13H12ClNO3S. The smallest absolute Gasteiger partial charge is 0.337 e. The average Bonchev–Trinajstić information content (AvgIpc) is 2.37. The molecule has 1 atom stereocenters. The van der Waals surface area contributed by atoms with Gasteiger partial charge in [0.2, 0.25) is 5.91 Å². The number of rotatable bonds is 5. The summed E-state index contributed by atoms with van der Waals surface area (Å²) in [6, 6.07) is 4.62. The molecule has 0 fully saturated rings. The van der Waals surface area contributed by atoms with Crippen LogP contribution in [0.15, 0.2) is 23.1 Å². The number of hydrogen-bond donors (Lipinski definition) is 2. The number of aromatic carboxylic acids is 1. The van der Waals surface area contributed by atoms with Gasteiger partial charge in [-0.15, -0.1) is 18.2 Å². The van der Waals surface area contributed by atoms with E-state index in [1.54, 1.807) is 13.0 Å². The van der Waals surface area contributed by atoms with Crippen LogP contribution in [-0.4, -0.2) is 28.8 Å². The fourth-order valence-electron chi connectivity index (χ4n) is 1.28. The summed E-state index contributed by atoms with van der Waals surface area (Å²) in [5.41, 5.74) is 0.0166. The Kier molecular flexibility index (Phi) is 5.74. The Bertz CT molecular complexity index is 539. The van der Waals surface area contributed by atoms with Gasteiger partial charge in [-0.1, -0.05) is 17.5 Å². The van der Waals surface area contributed by atoms with Crippen molar-refractivity contribution in [2.75, 3.05) is 6.54 Å². The van der Waals surface area contributed by atoms with Crippen molar-refractivity contribution in [3.63, 3.8) is 0 Å². The molecular weight excluding hydrogens is 286 g/mol. The van der Waals surface area contributed by atoms with Crippen molar-refractivity contribution in [3.8, 4) is 12.3 Å². The van der Waals surface area contributed by atoms with Crippen LogP contribution >= 0.6 is 23.4 Å². The number of carbonyl (C=O) groups excluding carboxylic acids is 1. The predicted molar refractivity (Wildman–Crippen MR) is 75.6 cm³/mol. The number of carbonyl (C=O) groups is 2. The number of halogens is 1. The monoisotopic (exact) mass is 297 g/mol. The van der Waals surface area contributed by atoms with E-state index in [-0.39, 0.29) is 28.3 Å². The molecule has 100 valence electrons. The van der Waals surface area contributed by atoms with E-state index >= 15 is 0 Å². The second-order valence-corrected chi connectivity index (χ2v) is 5.45. The van der Waals surface area contributed by atoms with E-state index in [0.29, 0.717) is 4.90 Å². The van der Waals surface area contributed by atoms with Crippen molar-refractivity contribution in [2.45, 2.75) is 17.1 Å². The molecule has 1 amide bonds. The van der Waals surface area contributed by atoms with Gasteiger partial charge in [0.1, 0.15) is 0 Å². The molecule has 0 heterocycles. The molecule has 1 aromatic carbocycles. The van der Waals surface area contributed by atoms with Crippen LogP contribution in [0.2, 0.25) is 5.02 Å². The summed E-state index contributed by atoms with van der Waals surface area (Å²) in [7, 11) is 0. The molecule has 0 spiro atoms. The first-order valence-corrected chi connectivity index (χ1v) is 6.62. The summed E-state index contributed by atoms with van der Waals surface area (Å²) in [4.78, 5) is 23.2. The normalized spacial score (nSPS) is 11.4. The third-order valence-electron chi connectivity index (χ3n) is 2.22. The highest BCUT2D eigenvalue weighted by Gasteiger charge is 2.16. The first-order valence-electron chi connectivity index (χ1n) is 5.36. The van der Waals surface area contributed by atoms with Crippen molar-refractivity contribution >= 4 is 35.2 Å². The molecule has 1 rings (SSSR count). The molecule has 1 unspecified atom stereocenters. The zero-order chi connectivity index (χ0) is 14.4. The number of thioether (sulfide) groups is 1. The van der Waals surface area contributed by atoms with Crippen LogP contribution in [0.3, 0.4) is 0 Å². The van der Waals surface area contributed by atoms with Crippen LogP contribution in [0.25, 0.3) is 0 Å². The lowest BCUT2D eigenvalue weighted by Gasteiger charge is -2.11. The van der Waals surface area contributed by atoms with Crippen LogP contribution in [0.5, 0.6) is 0 Å². The molecule has 19 heavy (non-hydrogen) atoms. The molecule has 0 saturated carbocycles. The van der Waals surface area contributed by atoms with Gasteiger partial charge in [0.05, 0.1) is 22.4 Å². The lowest BCUT2D eigenvalue weighted by atomic mass is 10.2. The van der Waals surface area contributed by atoms with Gasteiger partial charge in [0.25, 0.3) is 0 Å². The van der Waals surface area contributed by atoms with Gasteiger partial charge in [0, 0.05) is 4.90 Å². The summed E-state index contributed by atoms with van der Waals surface area (Å²) in [6.45, 7) is 1.89. The number of terminal acetylenes is 1. The maximum Gasteiger partial charge on any atom is 0.337 e. The van der Waals surface area contributed by atoms with E-state index < -0.39 is 5.97 Å². The number of amides is 1. The van der Waals surface area contributed by atoms with Crippen molar-refractivity contribution in [1.82, 2.24) is 5.32 Å². The number of carboxylic acids is 1. The molecule has 0 saturated heterocycles. The zero-order valence-electron chi connectivity index (χ0n) is 10.1. The SMILES string of the molecule is C#CCNC(=O)C(C)Sc1ccc(Cl)c(C(=O)O)c1. The minimum Gasteiger partial charge on any atom is -0.478 e. The summed E-state index contributed by atoms with van der Waals surface area (Å²) >= 11 is 7.01. The second-order valence-electron chi connectivity index (χ2n) is 3.63. The third kappa shape index (κ3) is 4.51. The Morgan fingerprint density at radius 1 is 1.58 bits per heavy atom. The molecule has 0 bridgehead atoms. The molecule has 1 aromatic rings. The highest BCUT2D eigenvalue weighted by atomic mass is 35.5. The Labute approximate surface area is 120 Å². The van der Waals surface area contributed by atoms with Crippen LogP contribution in [-0.2, 0) is 4.79 Å². The number of nitrogens with one attached hydrogen (secondary N) is 1. The highest BCUT2D eigenvalue weighted by Crippen LogP contribution is 2.27. The molecule has 4 nitrogen and oxygen atoms in total. The first-order chi connectivity index (χ1) is 8.95. The highest BCUT2D eigenvalue weighted by molar-refractivity contribution is 8.00. The molecule has 0 aliphatic carbocycles. The first kappa shape index (κ1) is 15.4. The zero-order valence-corrected chi connectivity index (χ0v) is 11.7. The van der Waals surface area contributed by atoms with E-state index in [4.69, 9.17) is 23.1 Å². The summed E-state index contributed by atoms with van der Waals surface area (Å²) < 4.78 is 0. The molecule has 0 aliphatic rings. The molecule has 0 aromatic heterocycles. The van der Waals surface area contributed by atoms with Gasteiger partial charge in [-0.3, -0.25) is 4.79 Å². The molecule has 0 aliphatic heterocycles. The van der Waals surface area contributed by atoms with Crippen molar-refractivity contribution in [3.05, 3.63) is 28.8 Å². The van der Waals surface area contributed by atoms with E-state index in [2.05, 4.69) is 11.2 Å².